The van der Waals surface area contributed by atoms with E-state index in [1.54, 1.807) is 18.3 Å². The second kappa shape index (κ2) is 6.00. The van der Waals surface area contributed by atoms with E-state index in [1.807, 2.05) is 37.3 Å². The van der Waals surface area contributed by atoms with Crippen molar-refractivity contribution < 1.29 is 4.79 Å². The van der Waals surface area contributed by atoms with Crippen LogP contribution in [0, 0.1) is 0 Å². The van der Waals surface area contributed by atoms with Crippen LogP contribution in [0.2, 0.25) is 0 Å². The molecule has 3 N–H and O–H groups in total. The third kappa shape index (κ3) is 3.10. The summed E-state index contributed by atoms with van der Waals surface area (Å²) >= 11 is 0. The van der Waals surface area contributed by atoms with E-state index < -0.39 is 0 Å². The third-order valence-electron chi connectivity index (χ3n) is 3.01. The van der Waals surface area contributed by atoms with Gasteiger partial charge in [0.05, 0.1) is 11.6 Å². The molecule has 0 radical (unpaired) electrons. The van der Waals surface area contributed by atoms with Crippen LogP contribution >= 0.6 is 0 Å². The fourth-order valence-electron chi connectivity index (χ4n) is 1.98. The molecule has 1 heterocycles. The highest BCUT2D eigenvalue weighted by molar-refractivity contribution is 5.97. The SMILES string of the molecule is CCC(C(=O)Nc1ncccc1N)c1ccccc1. The van der Waals surface area contributed by atoms with Gasteiger partial charge in [-0.1, -0.05) is 37.3 Å². The second-order valence-corrected chi connectivity index (χ2v) is 4.30. The summed E-state index contributed by atoms with van der Waals surface area (Å²) in [5.41, 5.74) is 7.24. The Morgan fingerprint density at radius 1 is 1.26 bits per heavy atom. The van der Waals surface area contributed by atoms with Gasteiger partial charge in [-0.05, 0) is 24.1 Å². The van der Waals surface area contributed by atoms with Crippen LogP contribution in [0.1, 0.15) is 24.8 Å². The van der Waals surface area contributed by atoms with Gasteiger partial charge in [-0.25, -0.2) is 4.98 Å². The van der Waals surface area contributed by atoms with Crippen LogP contribution in [0.25, 0.3) is 0 Å². The van der Waals surface area contributed by atoms with Crippen LogP contribution in [0.5, 0.6) is 0 Å². The Balaban J connectivity index is 2.17. The highest BCUT2D eigenvalue weighted by Crippen LogP contribution is 2.22. The summed E-state index contributed by atoms with van der Waals surface area (Å²) in [4.78, 5) is 16.4. The first kappa shape index (κ1) is 13.1. The summed E-state index contributed by atoms with van der Waals surface area (Å²) in [6.45, 7) is 1.99. The Morgan fingerprint density at radius 3 is 2.63 bits per heavy atom. The molecule has 0 saturated carbocycles. The number of nitrogens with one attached hydrogen (secondary N) is 1. The van der Waals surface area contributed by atoms with E-state index in [-0.39, 0.29) is 11.8 Å². The molecule has 2 rings (SSSR count). The van der Waals surface area contributed by atoms with E-state index in [4.69, 9.17) is 5.73 Å². The minimum absolute atomic E-state index is 0.0842. The molecule has 98 valence electrons. The van der Waals surface area contributed by atoms with E-state index in [1.165, 1.54) is 0 Å². The first-order chi connectivity index (χ1) is 9.22. The monoisotopic (exact) mass is 255 g/mol. The van der Waals surface area contributed by atoms with E-state index >= 15 is 0 Å². The van der Waals surface area contributed by atoms with Gasteiger partial charge in [0.1, 0.15) is 0 Å². The zero-order valence-corrected chi connectivity index (χ0v) is 10.8. The van der Waals surface area contributed by atoms with Crippen molar-refractivity contribution in [1.29, 1.82) is 0 Å². The molecule has 1 aromatic carbocycles. The maximum Gasteiger partial charge on any atom is 0.233 e. The highest BCUT2D eigenvalue weighted by atomic mass is 16.1. The summed E-state index contributed by atoms with van der Waals surface area (Å²) in [7, 11) is 0. The lowest BCUT2D eigenvalue weighted by Crippen LogP contribution is -2.21. The largest absolute Gasteiger partial charge is 0.396 e. The first-order valence-electron chi connectivity index (χ1n) is 6.28. The van der Waals surface area contributed by atoms with Gasteiger partial charge in [0, 0.05) is 6.20 Å². The third-order valence-corrected chi connectivity index (χ3v) is 3.01. The lowest BCUT2D eigenvalue weighted by atomic mass is 9.96. The summed E-state index contributed by atoms with van der Waals surface area (Å²) in [5, 5.41) is 2.78. The second-order valence-electron chi connectivity index (χ2n) is 4.30. The van der Waals surface area contributed by atoms with Gasteiger partial charge >= 0.3 is 0 Å². The number of hydrogen-bond acceptors (Lipinski definition) is 3. The van der Waals surface area contributed by atoms with Crippen molar-refractivity contribution in [1.82, 2.24) is 4.98 Å². The molecule has 4 heteroatoms. The summed E-state index contributed by atoms with van der Waals surface area (Å²) in [6.07, 6.45) is 2.33. The fraction of sp³-hybridized carbons (Fsp3) is 0.200. The van der Waals surface area contributed by atoms with Crippen molar-refractivity contribution in [2.24, 2.45) is 0 Å². The van der Waals surface area contributed by atoms with Gasteiger partial charge in [-0.3, -0.25) is 4.79 Å². The zero-order valence-electron chi connectivity index (χ0n) is 10.8. The van der Waals surface area contributed by atoms with Crippen LogP contribution in [0.15, 0.2) is 48.7 Å². The van der Waals surface area contributed by atoms with E-state index in [0.717, 1.165) is 12.0 Å². The number of amides is 1. The average Bonchev–Trinajstić information content (AvgIpc) is 2.43. The van der Waals surface area contributed by atoms with Crippen molar-refractivity contribution in [3.63, 3.8) is 0 Å². The van der Waals surface area contributed by atoms with Crippen molar-refractivity contribution >= 4 is 17.4 Å². The number of carbonyl (C=O) groups excluding carboxylic acids is 1. The number of aromatic nitrogens is 1. The number of rotatable bonds is 4. The number of nitrogens with zero attached hydrogens (tertiary/aromatic N) is 1. The number of nitrogen functional groups attached to an aromatic ring is 1. The van der Waals surface area contributed by atoms with Crippen LogP contribution in [-0.4, -0.2) is 10.9 Å². The maximum absolute atomic E-state index is 12.3. The molecule has 0 saturated heterocycles. The lowest BCUT2D eigenvalue weighted by Gasteiger charge is -2.15. The van der Waals surface area contributed by atoms with E-state index in [2.05, 4.69) is 10.3 Å². The van der Waals surface area contributed by atoms with E-state index in [0.29, 0.717) is 11.5 Å². The molecule has 0 bridgehead atoms. The Bertz CT molecular complexity index is 554. The number of anilines is 2. The van der Waals surface area contributed by atoms with Crippen molar-refractivity contribution in [3.8, 4) is 0 Å². The van der Waals surface area contributed by atoms with Gasteiger partial charge in [0.15, 0.2) is 5.82 Å². The minimum Gasteiger partial charge on any atom is -0.396 e. The normalized spacial score (nSPS) is 11.8. The van der Waals surface area contributed by atoms with Gasteiger partial charge in [0.2, 0.25) is 5.91 Å². The average molecular weight is 255 g/mol. The van der Waals surface area contributed by atoms with Gasteiger partial charge in [0.25, 0.3) is 0 Å². The molecule has 1 atom stereocenters. The fourth-order valence-corrected chi connectivity index (χ4v) is 1.98. The van der Waals surface area contributed by atoms with Crippen molar-refractivity contribution in [3.05, 3.63) is 54.2 Å². The molecule has 19 heavy (non-hydrogen) atoms. The lowest BCUT2D eigenvalue weighted by molar-refractivity contribution is -0.117. The van der Waals surface area contributed by atoms with E-state index in [9.17, 15) is 4.79 Å². The maximum atomic E-state index is 12.3. The molecule has 1 unspecified atom stereocenters. The predicted molar refractivity (Wildman–Crippen MR) is 76.8 cm³/mol. The van der Waals surface area contributed by atoms with Crippen molar-refractivity contribution in [2.75, 3.05) is 11.1 Å². The Labute approximate surface area is 112 Å². The van der Waals surface area contributed by atoms with Crippen LogP contribution in [-0.2, 0) is 4.79 Å². The van der Waals surface area contributed by atoms with Gasteiger partial charge < -0.3 is 11.1 Å². The smallest absolute Gasteiger partial charge is 0.233 e. The van der Waals surface area contributed by atoms with Crippen LogP contribution < -0.4 is 11.1 Å². The first-order valence-corrected chi connectivity index (χ1v) is 6.28. The molecule has 1 amide bonds. The summed E-state index contributed by atoms with van der Waals surface area (Å²) < 4.78 is 0. The number of pyridine rings is 1. The molecule has 2 aromatic rings. The topological polar surface area (TPSA) is 68.0 Å². The van der Waals surface area contributed by atoms with Gasteiger partial charge in [-0.2, -0.15) is 0 Å². The Kier molecular flexibility index (Phi) is 4.13. The Morgan fingerprint density at radius 2 is 2.00 bits per heavy atom. The molecule has 0 spiro atoms. The quantitative estimate of drug-likeness (QED) is 0.882. The molecular weight excluding hydrogens is 238 g/mol. The number of nitrogens with two attached hydrogens (primary N) is 1. The summed E-state index contributed by atoms with van der Waals surface area (Å²) in [6, 6.07) is 13.2. The van der Waals surface area contributed by atoms with Crippen molar-refractivity contribution in [2.45, 2.75) is 19.3 Å². The molecule has 0 aliphatic rings. The standard InChI is InChI=1S/C15H17N3O/c1-2-12(11-7-4-3-5-8-11)15(19)18-14-13(16)9-6-10-17-14/h3-10,12H,2,16H2,1H3,(H,17,18,19). The summed E-state index contributed by atoms with van der Waals surface area (Å²) in [5.74, 6) is 0.142. The number of carbonyl (C=O) groups is 1. The number of hydrogen-bond donors (Lipinski definition) is 2. The molecule has 0 aliphatic heterocycles. The number of benzene rings is 1. The zero-order chi connectivity index (χ0) is 13.7. The van der Waals surface area contributed by atoms with Crippen LogP contribution in [0.3, 0.4) is 0 Å². The molecular formula is C15H17N3O. The molecule has 4 nitrogen and oxygen atoms in total. The van der Waals surface area contributed by atoms with Crippen LogP contribution in [0.4, 0.5) is 11.5 Å². The molecule has 1 aromatic heterocycles. The molecule has 0 fully saturated rings. The Hall–Kier alpha value is -2.36. The predicted octanol–water partition coefficient (Wildman–Crippen LogP) is 2.80. The minimum atomic E-state index is -0.192. The molecule has 0 aliphatic carbocycles. The van der Waals surface area contributed by atoms with Gasteiger partial charge in [-0.15, -0.1) is 0 Å². The highest BCUT2D eigenvalue weighted by Gasteiger charge is 2.19.